The molecule has 0 radical (unpaired) electrons. The maximum atomic E-state index is 14.1. The van der Waals surface area contributed by atoms with E-state index < -0.39 is 5.54 Å². The molecule has 1 aliphatic carbocycles. The van der Waals surface area contributed by atoms with Crippen molar-refractivity contribution in [1.29, 1.82) is 0 Å². The number of nitrogens with one attached hydrogen (secondary N) is 2. The molecular formula is C38H31FN4O4. The fourth-order valence-corrected chi connectivity index (χ4v) is 5.85. The van der Waals surface area contributed by atoms with Crippen LogP contribution in [0.1, 0.15) is 50.4 Å². The number of amides is 2. The Hall–Kier alpha value is -5.83. The summed E-state index contributed by atoms with van der Waals surface area (Å²) in [7, 11) is 1.55. The number of hydrogen-bond donors (Lipinski definition) is 2. The highest BCUT2D eigenvalue weighted by Gasteiger charge is 2.47. The first-order chi connectivity index (χ1) is 22.8. The van der Waals surface area contributed by atoms with Crippen molar-refractivity contribution in [1.82, 2.24) is 20.6 Å². The number of pyridine rings is 2. The number of fused-ring (bicyclic) bond motifs is 1. The molecule has 47 heavy (non-hydrogen) atoms. The van der Waals surface area contributed by atoms with Crippen LogP contribution in [-0.2, 0) is 12.1 Å². The van der Waals surface area contributed by atoms with Gasteiger partial charge in [0.25, 0.3) is 11.8 Å². The van der Waals surface area contributed by atoms with Crippen LogP contribution >= 0.6 is 0 Å². The molecule has 3 heterocycles. The normalized spacial score (nSPS) is 13.3. The molecule has 9 heteroatoms. The number of furan rings is 1. The molecule has 0 bridgehead atoms. The minimum Gasteiger partial charge on any atom is -0.488 e. The Bertz CT molecular complexity index is 2110. The molecule has 234 valence electrons. The van der Waals surface area contributed by atoms with E-state index in [1.807, 2.05) is 61.5 Å². The smallest absolute Gasteiger partial charge is 0.255 e. The molecule has 0 aliphatic heterocycles. The second-order valence-corrected chi connectivity index (χ2v) is 11.7. The zero-order valence-corrected chi connectivity index (χ0v) is 25.8. The summed E-state index contributed by atoms with van der Waals surface area (Å²) in [6.45, 7) is 2.19. The summed E-state index contributed by atoms with van der Waals surface area (Å²) in [5, 5.41) is 6.53. The van der Waals surface area contributed by atoms with Crippen molar-refractivity contribution >= 4 is 22.8 Å². The Morgan fingerprint density at radius 3 is 2.45 bits per heavy atom. The second kappa shape index (κ2) is 12.2. The highest BCUT2D eigenvalue weighted by molar-refractivity contribution is 6.12. The van der Waals surface area contributed by atoms with E-state index in [1.165, 1.54) is 12.1 Å². The summed E-state index contributed by atoms with van der Waals surface area (Å²) in [6, 6.07) is 24.5. The third-order valence-electron chi connectivity index (χ3n) is 8.51. The highest BCUT2D eigenvalue weighted by atomic mass is 19.1. The lowest BCUT2D eigenvalue weighted by atomic mass is 9.94. The van der Waals surface area contributed by atoms with Crippen molar-refractivity contribution in [3.8, 4) is 28.2 Å². The second-order valence-electron chi connectivity index (χ2n) is 11.7. The largest absolute Gasteiger partial charge is 0.488 e. The molecule has 7 rings (SSSR count). The Kier molecular flexibility index (Phi) is 7.73. The molecule has 0 saturated heterocycles. The number of hydrogen-bond acceptors (Lipinski definition) is 6. The van der Waals surface area contributed by atoms with Crippen LogP contribution in [0.3, 0.4) is 0 Å². The van der Waals surface area contributed by atoms with Gasteiger partial charge in [0.2, 0.25) is 0 Å². The average molecular weight is 627 g/mol. The number of aromatic nitrogens is 2. The Morgan fingerprint density at radius 1 is 0.936 bits per heavy atom. The van der Waals surface area contributed by atoms with Crippen LogP contribution < -0.4 is 15.4 Å². The quantitative estimate of drug-likeness (QED) is 0.174. The van der Waals surface area contributed by atoms with Gasteiger partial charge in [0.1, 0.15) is 29.5 Å². The number of halogens is 1. The SMILES string of the molecule is CNC(=O)c1c(-c2ccc(F)cc2)oc2ccc(-c3cc(C(=O)NC4(c5ccccn5)CC4)c(OCc4cccnc4)cc3C)cc12. The van der Waals surface area contributed by atoms with Crippen LogP contribution in [0, 0.1) is 12.7 Å². The van der Waals surface area contributed by atoms with Gasteiger partial charge in [-0.2, -0.15) is 0 Å². The summed E-state index contributed by atoms with van der Waals surface area (Å²) < 4.78 is 26.1. The van der Waals surface area contributed by atoms with E-state index in [0.29, 0.717) is 39.2 Å². The Labute approximate surface area is 270 Å². The topological polar surface area (TPSA) is 106 Å². The Balaban J connectivity index is 1.31. The van der Waals surface area contributed by atoms with Crippen molar-refractivity contribution in [3.05, 3.63) is 137 Å². The number of rotatable bonds is 9. The molecule has 2 N–H and O–H groups in total. The van der Waals surface area contributed by atoms with Gasteiger partial charge in [-0.15, -0.1) is 0 Å². The van der Waals surface area contributed by atoms with E-state index in [9.17, 15) is 14.0 Å². The summed E-state index contributed by atoms with van der Waals surface area (Å²) in [5.74, 6) is -0.204. The number of benzene rings is 3. The standard InChI is InChI=1S/C38H31FN4O4/c1-23-18-32(46-22-24-6-5-16-41-21-24)30(36(44)43-38(14-15-38)33-7-3-4-17-42-33)20-28(23)26-10-13-31-29(19-26)34(37(45)40-2)35(47-31)25-8-11-27(39)12-9-25/h3-13,16-21H,14-15,22H2,1-2H3,(H,40,45)(H,43,44). The first kappa shape index (κ1) is 29.9. The number of carbonyl (C=O) groups excluding carboxylic acids is 2. The molecule has 8 nitrogen and oxygen atoms in total. The molecule has 3 aromatic heterocycles. The number of carbonyl (C=O) groups is 2. The minimum absolute atomic E-state index is 0.237. The van der Waals surface area contributed by atoms with Gasteiger partial charge in [-0.25, -0.2) is 4.39 Å². The van der Waals surface area contributed by atoms with Gasteiger partial charge in [-0.1, -0.05) is 18.2 Å². The van der Waals surface area contributed by atoms with Crippen LogP contribution in [-0.4, -0.2) is 28.8 Å². The predicted octanol–water partition coefficient (Wildman–Crippen LogP) is 7.36. The van der Waals surface area contributed by atoms with Crippen LogP contribution in [0.4, 0.5) is 4.39 Å². The van der Waals surface area contributed by atoms with E-state index in [-0.39, 0.29) is 24.2 Å². The van der Waals surface area contributed by atoms with Crippen molar-refractivity contribution < 1.29 is 23.1 Å². The predicted molar refractivity (Wildman–Crippen MR) is 176 cm³/mol. The number of nitrogens with zero attached hydrogens (tertiary/aromatic N) is 2. The summed E-state index contributed by atoms with van der Waals surface area (Å²) in [4.78, 5) is 35.9. The summed E-state index contributed by atoms with van der Waals surface area (Å²) in [6.07, 6.45) is 6.73. The molecule has 1 aliphatic rings. The number of ether oxygens (including phenoxy) is 1. The monoisotopic (exact) mass is 626 g/mol. The van der Waals surface area contributed by atoms with E-state index in [2.05, 4.69) is 20.6 Å². The molecule has 2 amide bonds. The van der Waals surface area contributed by atoms with E-state index >= 15 is 0 Å². The van der Waals surface area contributed by atoms with E-state index in [4.69, 9.17) is 9.15 Å². The van der Waals surface area contributed by atoms with Crippen LogP contribution in [0.15, 0.2) is 108 Å². The van der Waals surface area contributed by atoms with Gasteiger partial charge >= 0.3 is 0 Å². The average Bonchev–Trinajstić information content (AvgIpc) is 3.79. The minimum atomic E-state index is -0.529. The molecule has 6 aromatic rings. The first-order valence-electron chi connectivity index (χ1n) is 15.3. The zero-order valence-electron chi connectivity index (χ0n) is 25.8. The van der Waals surface area contributed by atoms with Gasteiger partial charge in [0.15, 0.2) is 0 Å². The van der Waals surface area contributed by atoms with Gasteiger partial charge in [0, 0.05) is 42.2 Å². The first-order valence-corrected chi connectivity index (χ1v) is 15.3. The maximum absolute atomic E-state index is 14.1. The fourth-order valence-electron chi connectivity index (χ4n) is 5.85. The Morgan fingerprint density at radius 2 is 1.74 bits per heavy atom. The van der Waals surface area contributed by atoms with Crippen molar-refractivity contribution in [2.24, 2.45) is 0 Å². The van der Waals surface area contributed by atoms with Crippen molar-refractivity contribution in [2.45, 2.75) is 31.9 Å². The molecule has 3 aromatic carbocycles. The zero-order chi connectivity index (χ0) is 32.5. The summed E-state index contributed by atoms with van der Waals surface area (Å²) in [5.41, 5.74) is 5.41. The summed E-state index contributed by atoms with van der Waals surface area (Å²) >= 11 is 0. The molecule has 0 atom stereocenters. The van der Waals surface area contributed by atoms with Crippen LogP contribution in [0.2, 0.25) is 0 Å². The van der Waals surface area contributed by atoms with Crippen LogP contribution in [0.25, 0.3) is 33.4 Å². The van der Waals surface area contributed by atoms with Gasteiger partial charge in [-0.3, -0.25) is 19.6 Å². The van der Waals surface area contributed by atoms with Gasteiger partial charge in [-0.05, 0) is 103 Å². The lowest BCUT2D eigenvalue weighted by Crippen LogP contribution is -2.35. The highest BCUT2D eigenvalue weighted by Crippen LogP contribution is 2.45. The lowest BCUT2D eigenvalue weighted by Gasteiger charge is -2.20. The molecular weight excluding hydrogens is 595 g/mol. The molecule has 0 spiro atoms. The van der Waals surface area contributed by atoms with Crippen molar-refractivity contribution in [3.63, 3.8) is 0 Å². The lowest BCUT2D eigenvalue weighted by molar-refractivity contribution is 0.0923. The molecule has 0 unspecified atom stereocenters. The third-order valence-corrected chi connectivity index (χ3v) is 8.51. The van der Waals surface area contributed by atoms with E-state index in [1.54, 1.807) is 43.8 Å². The van der Waals surface area contributed by atoms with Crippen LogP contribution in [0.5, 0.6) is 5.75 Å². The third kappa shape index (κ3) is 5.83. The molecule has 1 saturated carbocycles. The number of aryl methyl sites for hydroxylation is 1. The van der Waals surface area contributed by atoms with Gasteiger partial charge in [0.05, 0.1) is 22.4 Å². The van der Waals surface area contributed by atoms with E-state index in [0.717, 1.165) is 40.8 Å². The van der Waals surface area contributed by atoms with Crippen molar-refractivity contribution in [2.75, 3.05) is 7.05 Å². The molecule has 1 fully saturated rings. The maximum Gasteiger partial charge on any atom is 0.255 e. The van der Waals surface area contributed by atoms with Gasteiger partial charge < -0.3 is 19.8 Å². The fraction of sp³-hybridized carbons (Fsp3) is 0.158.